The van der Waals surface area contributed by atoms with E-state index in [1.165, 1.54) is 12.8 Å². The average Bonchev–Trinajstić information content (AvgIpc) is 2.48. The maximum absolute atomic E-state index is 4.60. The maximum atomic E-state index is 4.60. The minimum atomic E-state index is 0.810. The van der Waals surface area contributed by atoms with Crippen LogP contribution >= 0.6 is 0 Å². The molecule has 21 heavy (non-hydrogen) atoms. The Kier molecular flexibility index (Phi) is 4.04. The number of piperidine rings is 1. The summed E-state index contributed by atoms with van der Waals surface area (Å²) in [7, 11) is 0. The minimum Gasteiger partial charge on any atom is -0.356 e. The van der Waals surface area contributed by atoms with Gasteiger partial charge in [-0.3, -0.25) is 0 Å². The fraction of sp³-hybridized carbons (Fsp3) is 0.412. The molecule has 0 radical (unpaired) electrons. The van der Waals surface area contributed by atoms with Crippen molar-refractivity contribution in [2.45, 2.75) is 26.7 Å². The number of anilines is 3. The maximum Gasteiger partial charge on any atom is 0.136 e. The Morgan fingerprint density at radius 2 is 1.81 bits per heavy atom. The van der Waals surface area contributed by atoms with E-state index in [0.29, 0.717) is 0 Å². The Morgan fingerprint density at radius 3 is 2.52 bits per heavy atom. The molecule has 3 rings (SSSR count). The Hall–Kier alpha value is -2.10. The van der Waals surface area contributed by atoms with E-state index in [9.17, 15) is 0 Å². The molecular formula is C17H22N4. The van der Waals surface area contributed by atoms with Gasteiger partial charge in [0, 0.05) is 24.8 Å². The van der Waals surface area contributed by atoms with Gasteiger partial charge in [0.2, 0.25) is 0 Å². The molecule has 0 unspecified atom stereocenters. The third kappa shape index (κ3) is 3.51. The lowest BCUT2D eigenvalue weighted by Crippen LogP contribution is -2.33. The first kappa shape index (κ1) is 13.9. The van der Waals surface area contributed by atoms with E-state index in [2.05, 4.69) is 33.2 Å². The first-order valence-corrected chi connectivity index (χ1v) is 7.63. The van der Waals surface area contributed by atoms with Crippen LogP contribution in [0.3, 0.4) is 0 Å². The van der Waals surface area contributed by atoms with Crippen molar-refractivity contribution in [3.8, 4) is 0 Å². The highest BCUT2D eigenvalue weighted by Gasteiger charge is 2.17. The summed E-state index contributed by atoms with van der Waals surface area (Å²) < 4.78 is 0. The lowest BCUT2D eigenvalue weighted by Gasteiger charge is -2.31. The van der Waals surface area contributed by atoms with Crippen LogP contribution in [0.1, 0.15) is 25.6 Å². The van der Waals surface area contributed by atoms with Crippen LogP contribution in [0.15, 0.2) is 36.4 Å². The number of hydrogen-bond acceptors (Lipinski definition) is 4. The van der Waals surface area contributed by atoms with Gasteiger partial charge in [-0.15, -0.1) is 0 Å². The molecule has 110 valence electrons. The second kappa shape index (κ2) is 6.12. The van der Waals surface area contributed by atoms with Crippen LogP contribution in [0.2, 0.25) is 0 Å². The first-order chi connectivity index (χ1) is 10.2. The number of aryl methyl sites for hydroxylation is 1. The topological polar surface area (TPSA) is 41.1 Å². The number of aromatic nitrogens is 2. The van der Waals surface area contributed by atoms with E-state index in [1.54, 1.807) is 0 Å². The number of rotatable bonds is 3. The summed E-state index contributed by atoms with van der Waals surface area (Å²) in [6.45, 7) is 6.45. The molecule has 2 aromatic rings. The van der Waals surface area contributed by atoms with Gasteiger partial charge in [-0.2, -0.15) is 0 Å². The highest BCUT2D eigenvalue weighted by molar-refractivity contribution is 5.59. The molecule has 1 N–H and O–H groups in total. The van der Waals surface area contributed by atoms with Crippen molar-refractivity contribution >= 4 is 17.3 Å². The highest BCUT2D eigenvalue weighted by Crippen LogP contribution is 2.24. The zero-order chi connectivity index (χ0) is 14.7. The van der Waals surface area contributed by atoms with E-state index < -0.39 is 0 Å². The second-order valence-corrected chi connectivity index (χ2v) is 5.82. The van der Waals surface area contributed by atoms with Crippen molar-refractivity contribution < 1.29 is 0 Å². The van der Waals surface area contributed by atoms with Crippen LogP contribution in [0, 0.1) is 12.8 Å². The van der Waals surface area contributed by atoms with Crippen LogP contribution in [-0.4, -0.2) is 23.1 Å². The Balaban J connectivity index is 1.79. The van der Waals surface area contributed by atoms with Gasteiger partial charge in [-0.05, 0) is 37.8 Å². The molecule has 0 saturated carbocycles. The van der Waals surface area contributed by atoms with Crippen molar-refractivity contribution in [3.63, 3.8) is 0 Å². The number of benzene rings is 1. The summed E-state index contributed by atoms with van der Waals surface area (Å²) in [5, 5.41) is 3.36. The summed E-state index contributed by atoms with van der Waals surface area (Å²) in [6.07, 6.45) is 2.48. The van der Waals surface area contributed by atoms with Crippen LogP contribution < -0.4 is 10.2 Å². The Labute approximate surface area is 126 Å². The zero-order valence-electron chi connectivity index (χ0n) is 12.7. The fourth-order valence-electron chi connectivity index (χ4n) is 2.69. The van der Waals surface area contributed by atoms with Crippen LogP contribution in [0.4, 0.5) is 17.3 Å². The van der Waals surface area contributed by atoms with Crippen LogP contribution in [0.25, 0.3) is 0 Å². The van der Waals surface area contributed by atoms with Crippen LogP contribution in [0.5, 0.6) is 0 Å². The van der Waals surface area contributed by atoms with E-state index in [-0.39, 0.29) is 0 Å². The van der Waals surface area contributed by atoms with E-state index in [1.807, 2.05) is 37.3 Å². The third-order valence-corrected chi connectivity index (χ3v) is 3.98. The van der Waals surface area contributed by atoms with E-state index in [4.69, 9.17) is 0 Å². The highest BCUT2D eigenvalue weighted by atomic mass is 15.2. The molecular weight excluding hydrogens is 260 g/mol. The largest absolute Gasteiger partial charge is 0.356 e. The summed E-state index contributed by atoms with van der Waals surface area (Å²) in [4.78, 5) is 11.5. The molecule has 1 saturated heterocycles. The molecule has 0 aliphatic carbocycles. The quantitative estimate of drug-likeness (QED) is 0.930. The first-order valence-electron chi connectivity index (χ1n) is 7.63. The van der Waals surface area contributed by atoms with E-state index >= 15 is 0 Å². The smallest absolute Gasteiger partial charge is 0.136 e. The molecule has 0 atom stereocenters. The normalized spacial score (nSPS) is 16.0. The molecule has 1 aromatic carbocycles. The summed E-state index contributed by atoms with van der Waals surface area (Å²) in [5.74, 6) is 3.53. The minimum absolute atomic E-state index is 0.810. The van der Waals surface area contributed by atoms with Gasteiger partial charge >= 0.3 is 0 Å². The van der Waals surface area contributed by atoms with E-state index in [0.717, 1.165) is 42.2 Å². The average molecular weight is 282 g/mol. The fourth-order valence-corrected chi connectivity index (χ4v) is 2.69. The zero-order valence-corrected chi connectivity index (χ0v) is 12.7. The lowest BCUT2D eigenvalue weighted by atomic mass is 9.99. The SMILES string of the molecule is Cc1nc(Nc2ccccc2)cc(N2CCC(C)CC2)n1. The molecule has 0 amide bonds. The van der Waals surface area contributed by atoms with Crippen molar-refractivity contribution in [1.82, 2.24) is 9.97 Å². The Morgan fingerprint density at radius 1 is 1.10 bits per heavy atom. The standard InChI is InChI=1S/C17H22N4/c1-13-8-10-21(11-9-13)17-12-16(18-14(2)19-17)20-15-6-4-3-5-7-15/h3-7,12-13H,8-11H2,1-2H3,(H,18,19,20). The van der Waals surface area contributed by atoms with Gasteiger partial charge in [-0.1, -0.05) is 25.1 Å². The van der Waals surface area contributed by atoms with Gasteiger partial charge in [-0.25, -0.2) is 9.97 Å². The van der Waals surface area contributed by atoms with Gasteiger partial charge in [0.25, 0.3) is 0 Å². The molecule has 4 nitrogen and oxygen atoms in total. The van der Waals surface area contributed by atoms with Gasteiger partial charge in [0.1, 0.15) is 17.5 Å². The molecule has 1 aliphatic rings. The molecule has 2 heterocycles. The van der Waals surface area contributed by atoms with Crippen molar-refractivity contribution in [2.75, 3.05) is 23.3 Å². The lowest BCUT2D eigenvalue weighted by molar-refractivity contribution is 0.436. The summed E-state index contributed by atoms with van der Waals surface area (Å²) in [6, 6.07) is 12.2. The second-order valence-electron chi connectivity index (χ2n) is 5.82. The molecule has 1 aliphatic heterocycles. The molecule has 4 heteroatoms. The molecule has 1 fully saturated rings. The molecule has 1 aromatic heterocycles. The van der Waals surface area contributed by atoms with Gasteiger partial charge in [0.15, 0.2) is 0 Å². The number of nitrogens with one attached hydrogen (secondary N) is 1. The van der Waals surface area contributed by atoms with Gasteiger partial charge in [0.05, 0.1) is 0 Å². The van der Waals surface area contributed by atoms with Crippen molar-refractivity contribution in [1.29, 1.82) is 0 Å². The monoisotopic (exact) mass is 282 g/mol. The number of nitrogens with zero attached hydrogens (tertiary/aromatic N) is 3. The third-order valence-electron chi connectivity index (χ3n) is 3.98. The summed E-state index contributed by atoms with van der Waals surface area (Å²) >= 11 is 0. The number of para-hydroxylation sites is 1. The molecule has 0 bridgehead atoms. The van der Waals surface area contributed by atoms with Crippen molar-refractivity contribution in [2.24, 2.45) is 5.92 Å². The summed E-state index contributed by atoms with van der Waals surface area (Å²) in [5.41, 5.74) is 1.05. The molecule has 0 spiro atoms. The number of hydrogen-bond donors (Lipinski definition) is 1. The Bertz CT molecular complexity index is 589. The van der Waals surface area contributed by atoms with Gasteiger partial charge < -0.3 is 10.2 Å². The predicted octanol–water partition coefficient (Wildman–Crippen LogP) is 3.76. The predicted molar refractivity (Wildman–Crippen MR) is 87.1 cm³/mol. The van der Waals surface area contributed by atoms with Crippen LogP contribution in [-0.2, 0) is 0 Å². The van der Waals surface area contributed by atoms with Crippen molar-refractivity contribution in [3.05, 3.63) is 42.2 Å².